The van der Waals surface area contributed by atoms with Crippen LogP contribution < -0.4 is 16.0 Å². The number of aliphatic hydroxyl groups is 1. The van der Waals surface area contributed by atoms with Gasteiger partial charge in [-0.15, -0.1) is 0 Å². The average molecular weight is 470 g/mol. The van der Waals surface area contributed by atoms with Crippen molar-refractivity contribution in [2.24, 2.45) is 0 Å². The highest BCUT2D eigenvalue weighted by molar-refractivity contribution is 5.87. The number of halogens is 3. The van der Waals surface area contributed by atoms with E-state index in [-0.39, 0.29) is 29.8 Å². The van der Waals surface area contributed by atoms with E-state index in [1.807, 2.05) is 0 Å². The molecule has 12 heteroatoms. The molecule has 1 aliphatic carbocycles. The number of hydrogen-bond acceptors (Lipinski definition) is 7. The Balaban J connectivity index is 1.79. The normalized spacial score (nSPS) is 23.5. The number of aliphatic hydroxyl groups excluding tert-OH is 1. The molecule has 1 saturated heterocycles. The molecule has 2 heterocycles. The molecule has 4 N–H and O–H groups in total. The van der Waals surface area contributed by atoms with Crippen LogP contribution in [0.3, 0.4) is 0 Å². The van der Waals surface area contributed by atoms with E-state index < -0.39 is 30.3 Å². The first-order valence-electron chi connectivity index (χ1n) is 11.0. The van der Waals surface area contributed by atoms with Gasteiger partial charge in [0.15, 0.2) is 0 Å². The van der Waals surface area contributed by atoms with E-state index >= 15 is 0 Å². The number of hydrogen-bond donors (Lipinski definition) is 4. The minimum atomic E-state index is -4.66. The van der Waals surface area contributed by atoms with Gasteiger partial charge in [-0.05, 0) is 31.8 Å². The van der Waals surface area contributed by atoms with Crippen LogP contribution in [0, 0.1) is 0 Å². The van der Waals surface area contributed by atoms with Gasteiger partial charge in [0.1, 0.15) is 18.0 Å². The lowest BCUT2D eigenvalue weighted by Gasteiger charge is -2.34. The smallest absolute Gasteiger partial charge is 0.387 e. The maximum Gasteiger partial charge on any atom is 0.421 e. The summed E-state index contributed by atoms with van der Waals surface area (Å²) in [6.45, 7) is 3.64. The number of rotatable bonds is 7. The lowest BCUT2D eigenvalue weighted by molar-refractivity contribution is -0.137. The standard InChI is InChI=1S/C21H29F3N6O3/c1-2-17(32)27-15-7-3-4-8-16(15)28-19-14(21(22,23)24)10-25-20(29-19)26-13-6-5-9-30(11-13)18(33)12-31/h2,10,13,15-16,31H,1,3-9,11-12H2,(H,27,32)(H2,25,26,28,29)/t13-,15-,16-/m1/s1. The number of anilines is 2. The van der Waals surface area contributed by atoms with Crippen molar-refractivity contribution in [1.29, 1.82) is 0 Å². The first-order chi connectivity index (χ1) is 15.7. The number of alkyl halides is 3. The zero-order valence-corrected chi connectivity index (χ0v) is 18.2. The fraction of sp³-hybridized carbons (Fsp3) is 0.619. The summed E-state index contributed by atoms with van der Waals surface area (Å²) in [4.78, 5) is 33.0. The van der Waals surface area contributed by atoms with Crippen molar-refractivity contribution in [3.63, 3.8) is 0 Å². The maximum absolute atomic E-state index is 13.6. The van der Waals surface area contributed by atoms with Gasteiger partial charge in [-0.1, -0.05) is 19.4 Å². The zero-order valence-electron chi connectivity index (χ0n) is 18.2. The quantitative estimate of drug-likeness (QED) is 0.450. The molecule has 0 bridgehead atoms. The number of carbonyl (C=O) groups excluding carboxylic acids is 2. The van der Waals surface area contributed by atoms with Crippen LogP contribution in [0.25, 0.3) is 0 Å². The van der Waals surface area contributed by atoms with Gasteiger partial charge in [0.2, 0.25) is 17.8 Å². The molecule has 33 heavy (non-hydrogen) atoms. The fourth-order valence-corrected chi connectivity index (χ4v) is 4.27. The number of piperidine rings is 1. The lowest BCUT2D eigenvalue weighted by Crippen LogP contribution is -2.48. The second-order valence-electron chi connectivity index (χ2n) is 8.29. The summed E-state index contributed by atoms with van der Waals surface area (Å²) in [5.74, 6) is -1.13. The highest BCUT2D eigenvalue weighted by Gasteiger charge is 2.37. The van der Waals surface area contributed by atoms with Crippen LogP contribution >= 0.6 is 0 Å². The maximum atomic E-state index is 13.6. The van der Waals surface area contributed by atoms with E-state index in [0.717, 1.165) is 25.1 Å². The Kier molecular flexibility index (Phi) is 8.11. The van der Waals surface area contributed by atoms with Crippen molar-refractivity contribution < 1.29 is 27.9 Å². The number of likely N-dealkylation sites (tertiary alicyclic amines) is 1. The van der Waals surface area contributed by atoms with Crippen LogP contribution in [-0.2, 0) is 15.8 Å². The van der Waals surface area contributed by atoms with Gasteiger partial charge >= 0.3 is 6.18 Å². The minimum Gasteiger partial charge on any atom is -0.387 e. The Morgan fingerprint density at radius 3 is 2.58 bits per heavy atom. The van der Waals surface area contributed by atoms with E-state index in [1.165, 1.54) is 4.90 Å². The Bertz CT molecular complexity index is 866. The van der Waals surface area contributed by atoms with Crippen molar-refractivity contribution >= 4 is 23.6 Å². The number of nitrogens with one attached hydrogen (secondary N) is 3. The van der Waals surface area contributed by atoms with Crippen molar-refractivity contribution in [2.45, 2.75) is 62.8 Å². The first kappa shape index (κ1) is 24.7. The van der Waals surface area contributed by atoms with Gasteiger partial charge < -0.3 is 26.0 Å². The molecule has 1 saturated carbocycles. The predicted molar refractivity (Wildman–Crippen MR) is 115 cm³/mol. The third-order valence-electron chi connectivity index (χ3n) is 5.94. The molecule has 2 aliphatic rings. The third kappa shape index (κ3) is 6.56. The van der Waals surface area contributed by atoms with Crippen LogP contribution in [0.5, 0.6) is 0 Å². The third-order valence-corrected chi connectivity index (χ3v) is 5.94. The average Bonchev–Trinajstić information content (AvgIpc) is 2.79. The van der Waals surface area contributed by atoms with Crippen molar-refractivity contribution in [2.75, 3.05) is 30.3 Å². The number of carbonyl (C=O) groups is 2. The molecule has 0 unspecified atom stereocenters. The topological polar surface area (TPSA) is 119 Å². The fourth-order valence-electron chi connectivity index (χ4n) is 4.27. The molecule has 0 aromatic carbocycles. The van der Waals surface area contributed by atoms with Gasteiger partial charge in [-0.2, -0.15) is 18.2 Å². The second kappa shape index (κ2) is 10.8. The van der Waals surface area contributed by atoms with Crippen molar-refractivity contribution in [3.05, 3.63) is 24.4 Å². The van der Waals surface area contributed by atoms with E-state index in [0.29, 0.717) is 38.8 Å². The van der Waals surface area contributed by atoms with E-state index in [2.05, 4.69) is 32.5 Å². The molecule has 1 aromatic rings. The molecule has 3 atom stereocenters. The van der Waals surface area contributed by atoms with E-state index in [1.54, 1.807) is 0 Å². The van der Waals surface area contributed by atoms with Gasteiger partial charge in [0.05, 0.1) is 0 Å². The second-order valence-corrected chi connectivity index (χ2v) is 8.29. The summed E-state index contributed by atoms with van der Waals surface area (Å²) in [6, 6.07) is -1.04. The number of nitrogens with zero attached hydrogens (tertiary/aromatic N) is 3. The van der Waals surface area contributed by atoms with E-state index in [9.17, 15) is 22.8 Å². The van der Waals surface area contributed by atoms with Crippen LogP contribution in [0.4, 0.5) is 24.9 Å². The summed E-state index contributed by atoms with van der Waals surface area (Å²) in [5.41, 5.74) is -0.992. The molecular weight excluding hydrogens is 441 g/mol. The van der Waals surface area contributed by atoms with Gasteiger partial charge in [0.25, 0.3) is 0 Å². The summed E-state index contributed by atoms with van der Waals surface area (Å²) in [5, 5.41) is 17.8. The zero-order chi connectivity index (χ0) is 24.0. The summed E-state index contributed by atoms with van der Waals surface area (Å²) in [7, 11) is 0. The first-order valence-corrected chi connectivity index (χ1v) is 11.0. The molecule has 2 fully saturated rings. The minimum absolute atomic E-state index is 0.0104. The largest absolute Gasteiger partial charge is 0.421 e. The Morgan fingerprint density at radius 2 is 1.91 bits per heavy atom. The molecule has 182 valence electrons. The highest BCUT2D eigenvalue weighted by atomic mass is 19.4. The monoisotopic (exact) mass is 470 g/mol. The molecule has 2 amide bonds. The van der Waals surface area contributed by atoms with Crippen LogP contribution in [-0.4, -0.2) is 69.6 Å². The molecule has 3 rings (SSSR count). The van der Waals surface area contributed by atoms with Gasteiger partial charge in [-0.3, -0.25) is 9.59 Å². The van der Waals surface area contributed by atoms with E-state index in [4.69, 9.17) is 5.11 Å². The molecular formula is C21H29F3N6O3. The number of aromatic nitrogens is 2. The summed E-state index contributed by atoms with van der Waals surface area (Å²) < 4.78 is 40.9. The summed E-state index contributed by atoms with van der Waals surface area (Å²) >= 11 is 0. The predicted octanol–water partition coefficient (Wildman–Crippen LogP) is 1.92. The van der Waals surface area contributed by atoms with Gasteiger partial charge in [0, 0.05) is 37.4 Å². The Hall–Kier alpha value is -2.89. The molecule has 0 spiro atoms. The van der Waals surface area contributed by atoms with Gasteiger partial charge in [-0.25, -0.2) is 4.98 Å². The van der Waals surface area contributed by atoms with Crippen LogP contribution in [0.2, 0.25) is 0 Å². The summed E-state index contributed by atoms with van der Waals surface area (Å²) in [6.07, 6.45) is 1.44. The molecule has 9 nitrogen and oxygen atoms in total. The Labute approximate surface area is 189 Å². The molecule has 0 radical (unpaired) electrons. The van der Waals surface area contributed by atoms with Crippen LogP contribution in [0.15, 0.2) is 18.9 Å². The Morgan fingerprint density at radius 1 is 1.18 bits per heavy atom. The van der Waals surface area contributed by atoms with Crippen LogP contribution in [0.1, 0.15) is 44.1 Å². The lowest BCUT2D eigenvalue weighted by atomic mass is 9.90. The number of amides is 2. The molecule has 1 aliphatic heterocycles. The van der Waals surface area contributed by atoms with Crippen molar-refractivity contribution in [3.8, 4) is 0 Å². The van der Waals surface area contributed by atoms with Crippen molar-refractivity contribution in [1.82, 2.24) is 20.2 Å². The highest BCUT2D eigenvalue weighted by Crippen LogP contribution is 2.35. The SMILES string of the molecule is C=CC(=O)N[C@@H]1CCCC[C@H]1Nc1nc(N[C@@H]2CCCN(C(=O)CO)C2)ncc1C(F)(F)F. The molecule has 1 aromatic heterocycles.